The van der Waals surface area contributed by atoms with Crippen LogP contribution in [0.15, 0.2) is 94.7 Å². The minimum absolute atomic E-state index is 0.292. The van der Waals surface area contributed by atoms with Gasteiger partial charge in [-0.05, 0) is 44.0 Å². The van der Waals surface area contributed by atoms with Crippen molar-refractivity contribution in [3.05, 3.63) is 96.2 Å². The second kappa shape index (κ2) is 8.90. The van der Waals surface area contributed by atoms with Crippen LogP contribution < -0.4 is 0 Å². The summed E-state index contributed by atoms with van der Waals surface area (Å²) in [6.07, 6.45) is 2.47. The van der Waals surface area contributed by atoms with Gasteiger partial charge in [0, 0.05) is 5.56 Å². The maximum atomic E-state index is 13.9. The third-order valence-corrected chi connectivity index (χ3v) is 7.21. The molecule has 0 unspecified atom stereocenters. The standard InChI is InChI=1S/C26H26N2O2S/c1-3-4-15-24-26(31(29,30)23-18-16-20(2)17-19-23)25(21-11-7-5-8-12-21)27-28(24)22-13-9-6-10-14-22/h5-14,16-19H,3-4,15H2,1-2H3. The smallest absolute Gasteiger partial charge is 0.210 e. The summed E-state index contributed by atoms with van der Waals surface area (Å²) in [7, 11) is -3.77. The first-order chi connectivity index (χ1) is 15.0. The van der Waals surface area contributed by atoms with Crippen LogP contribution in [0.25, 0.3) is 16.9 Å². The molecule has 158 valence electrons. The molecule has 31 heavy (non-hydrogen) atoms. The summed E-state index contributed by atoms with van der Waals surface area (Å²) in [6.45, 7) is 4.06. The second-order valence-corrected chi connectivity index (χ2v) is 9.54. The Morgan fingerprint density at radius 2 is 1.45 bits per heavy atom. The van der Waals surface area contributed by atoms with Crippen molar-refractivity contribution in [3.8, 4) is 16.9 Å². The van der Waals surface area contributed by atoms with Gasteiger partial charge in [-0.25, -0.2) is 13.1 Å². The molecule has 0 saturated heterocycles. The number of unbranched alkanes of at least 4 members (excludes halogenated alkanes) is 1. The third-order valence-electron chi connectivity index (χ3n) is 5.35. The van der Waals surface area contributed by atoms with Crippen molar-refractivity contribution < 1.29 is 8.42 Å². The number of para-hydroxylation sites is 1. The normalized spacial score (nSPS) is 11.5. The quantitative estimate of drug-likeness (QED) is 0.360. The molecule has 0 radical (unpaired) electrons. The summed E-state index contributed by atoms with van der Waals surface area (Å²) in [4.78, 5) is 0.598. The lowest BCUT2D eigenvalue weighted by Crippen LogP contribution is -2.09. The van der Waals surface area contributed by atoms with Gasteiger partial charge < -0.3 is 0 Å². The number of rotatable bonds is 7. The Morgan fingerprint density at radius 3 is 2.06 bits per heavy atom. The number of aryl methyl sites for hydroxylation is 1. The number of aromatic nitrogens is 2. The average molecular weight is 431 g/mol. The third kappa shape index (κ3) is 4.19. The zero-order chi connectivity index (χ0) is 21.8. The van der Waals surface area contributed by atoms with Crippen LogP contribution in [-0.4, -0.2) is 18.2 Å². The highest BCUT2D eigenvalue weighted by Gasteiger charge is 2.31. The molecule has 1 aromatic heterocycles. The van der Waals surface area contributed by atoms with Gasteiger partial charge in [-0.3, -0.25) is 0 Å². The molecule has 4 aromatic rings. The van der Waals surface area contributed by atoms with E-state index in [1.165, 1.54) is 0 Å². The van der Waals surface area contributed by atoms with Crippen molar-refractivity contribution in [1.29, 1.82) is 0 Å². The van der Waals surface area contributed by atoms with Crippen molar-refractivity contribution in [2.45, 2.75) is 42.9 Å². The van der Waals surface area contributed by atoms with Gasteiger partial charge in [-0.1, -0.05) is 79.6 Å². The lowest BCUT2D eigenvalue weighted by molar-refractivity contribution is 0.594. The highest BCUT2D eigenvalue weighted by Crippen LogP contribution is 2.36. The maximum absolute atomic E-state index is 13.9. The van der Waals surface area contributed by atoms with E-state index in [1.807, 2.05) is 79.7 Å². The molecule has 0 bridgehead atoms. The zero-order valence-electron chi connectivity index (χ0n) is 17.8. The maximum Gasteiger partial charge on any atom is 0.210 e. The van der Waals surface area contributed by atoms with Gasteiger partial charge in [0.25, 0.3) is 0 Å². The van der Waals surface area contributed by atoms with E-state index in [-0.39, 0.29) is 0 Å². The fraction of sp³-hybridized carbons (Fsp3) is 0.192. The Morgan fingerprint density at radius 1 is 0.839 bits per heavy atom. The Bertz CT molecular complexity index is 1260. The molecule has 0 amide bonds. The molecule has 0 saturated carbocycles. The molecule has 0 aliphatic heterocycles. The molecule has 0 atom stereocenters. The van der Waals surface area contributed by atoms with Crippen LogP contribution in [0.2, 0.25) is 0 Å². The van der Waals surface area contributed by atoms with E-state index in [4.69, 9.17) is 5.10 Å². The Labute approximate surface area is 184 Å². The summed E-state index contributed by atoms with van der Waals surface area (Å²) in [6, 6.07) is 26.3. The number of hydrogen-bond donors (Lipinski definition) is 0. The molecule has 0 aliphatic rings. The molecule has 5 heteroatoms. The number of hydrogen-bond acceptors (Lipinski definition) is 3. The molecule has 0 fully saturated rings. The van der Waals surface area contributed by atoms with Crippen LogP contribution in [0.5, 0.6) is 0 Å². The molecule has 4 rings (SSSR count). The molecular formula is C26H26N2O2S. The largest absolute Gasteiger partial charge is 0.236 e. The highest BCUT2D eigenvalue weighted by molar-refractivity contribution is 7.91. The number of benzene rings is 3. The van der Waals surface area contributed by atoms with Crippen LogP contribution >= 0.6 is 0 Å². The molecular weight excluding hydrogens is 404 g/mol. The summed E-state index contributed by atoms with van der Waals surface area (Å²) in [5.74, 6) is 0. The van der Waals surface area contributed by atoms with Crippen molar-refractivity contribution in [1.82, 2.24) is 9.78 Å². The lowest BCUT2D eigenvalue weighted by Gasteiger charge is -2.11. The highest BCUT2D eigenvalue weighted by atomic mass is 32.2. The first-order valence-electron chi connectivity index (χ1n) is 10.6. The molecule has 0 spiro atoms. The van der Waals surface area contributed by atoms with E-state index in [2.05, 4.69) is 6.92 Å². The minimum atomic E-state index is -3.77. The molecule has 1 heterocycles. The molecule has 0 aliphatic carbocycles. The number of sulfone groups is 1. The predicted molar refractivity (Wildman–Crippen MR) is 124 cm³/mol. The Kier molecular flexibility index (Phi) is 6.05. The van der Waals surface area contributed by atoms with Crippen LogP contribution in [0.4, 0.5) is 0 Å². The first-order valence-corrected chi connectivity index (χ1v) is 12.0. The van der Waals surface area contributed by atoms with E-state index in [0.717, 1.165) is 35.3 Å². The topological polar surface area (TPSA) is 52.0 Å². The van der Waals surface area contributed by atoms with E-state index in [1.54, 1.807) is 16.8 Å². The van der Waals surface area contributed by atoms with Gasteiger partial charge in [0.1, 0.15) is 10.6 Å². The van der Waals surface area contributed by atoms with E-state index in [0.29, 0.717) is 21.9 Å². The zero-order valence-corrected chi connectivity index (χ0v) is 18.6. The fourth-order valence-corrected chi connectivity index (χ4v) is 5.33. The van der Waals surface area contributed by atoms with E-state index >= 15 is 0 Å². The predicted octanol–water partition coefficient (Wildman–Crippen LogP) is 6.02. The van der Waals surface area contributed by atoms with E-state index in [9.17, 15) is 8.42 Å². The Balaban J connectivity index is 2.03. The monoisotopic (exact) mass is 430 g/mol. The summed E-state index contributed by atoms with van der Waals surface area (Å²) in [5.41, 5.74) is 3.90. The van der Waals surface area contributed by atoms with Crippen molar-refractivity contribution in [3.63, 3.8) is 0 Å². The number of nitrogens with zero attached hydrogens (tertiary/aromatic N) is 2. The molecule has 0 N–H and O–H groups in total. The molecule has 3 aromatic carbocycles. The molecule has 4 nitrogen and oxygen atoms in total. The average Bonchev–Trinajstić information content (AvgIpc) is 3.19. The van der Waals surface area contributed by atoms with Gasteiger partial charge in [0.15, 0.2) is 0 Å². The van der Waals surface area contributed by atoms with Crippen LogP contribution in [0.3, 0.4) is 0 Å². The van der Waals surface area contributed by atoms with Gasteiger partial charge in [-0.2, -0.15) is 5.10 Å². The van der Waals surface area contributed by atoms with Gasteiger partial charge in [-0.15, -0.1) is 0 Å². The van der Waals surface area contributed by atoms with Crippen LogP contribution in [0, 0.1) is 6.92 Å². The summed E-state index contributed by atoms with van der Waals surface area (Å²) in [5, 5.41) is 4.85. The first kappa shape index (κ1) is 21.1. The minimum Gasteiger partial charge on any atom is -0.236 e. The van der Waals surface area contributed by atoms with Crippen LogP contribution in [0.1, 0.15) is 31.0 Å². The fourth-order valence-electron chi connectivity index (χ4n) is 3.69. The Hall–Kier alpha value is -3.18. The SMILES string of the molecule is CCCCc1c(S(=O)(=O)c2ccc(C)cc2)c(-c2ccccc2)nn1-c1ccccc1. The van der Waals surface area contributed by atoms with Gasteiger partial charge in [0.2, 0.25) is 9.84 Å². The summed E-state index contributed by atoms with van der Waals surface area (Å²) < 4.78 is 29.6. The van der Waals surface area contributed by atoms with Gasteiger partial charge in [0.05, 0.1) is 16.3 Å². The van der Waals surface area contributed by atoms with Crippen molar-refractivity contribution in [2.75, 3.05) is 0 Å². The van der Waals surface area contributed by atoms with E-state index < -0.39 is 9.84 Å². The lowest BCUT2D eigenvalue weighted by atomic mass is 10.1. The van der Waals surface area contributed by atoms with Crippen molar-refractivity contribution >= 4 is 9.84 Å². The van der Waals surface area contributed by atoms with Crippen LogP contribution in [-0.2, 0) is 16.3 Å². The van der Waals surface area contributed by atoms with Crippen molar-refractivity contribution in [2.24, 2.45) is 0 Å². The second-order valence-electron chi connectivity index (χ2n) is 7.66. The summed E-state index contributed by atoms with van der Waals surface area (Å²) >= 11 is 0. The van der Waals surface area contributed by atoms with Gasteiger partial charge >= 0.3 is 0 Å².